The normalized spacial score (nSPS) is 10.7. The molecule has 8 heteroatoms. The first-order valence-electron chi connectivity index (χ1n) is 8.62. The molecule has 0 atom stereocenters. The number of ether oxygens (including phenoxy) is 2. The molecule has 2 rings (SSSR count). The lowest BCUT2D eigenvalue weighted by Gasteiger charge is -2.14. The topological polar surface area (TPSA) is 85.0 Å². The smallest absolute Gasteiger partial charge is 0.193 e. The summed E-state index contributed by atoms with van der Waals surface area (Å²) in [6.07, 6.45) is 1.77. The van der Waals surface area contributed by atoms with Gasteiger partial charge in [0.1, 0.15) is 17.3 Å². The van der Waals surface area contributed by atoms with Crippen LogP contribution in [0.25, 0.3) is 0 Å². The molecule has 1 aromatic carbocycles. The number of anilines is 2. The highest BCUT2D eigenvalue weighted by atomic mass is 127. The van der Waals surface area contributed by atoms with Gasteiger partial charge in [-0.15, -0.1) is 24.0 Å². The van der Waals surface area contributed by atoms with Gasteiger partial charge in [-0.3, -0.25) is 0 Å². The van der Waals surface area contributed by atoms with Crippen molar-refractivity contribution in [2.24, 2.45) is 10.7 Å². The van der Waals surface area contributed by atoms with E-state index in [9.17, 15) is 0 Å². The van der Waals surface area contributed by atoms with Crippen molar-refractivity contribution in [3.05, 3.63) is 42.1 Å². The minimum atomic E-state index is 0. The molecular formula is C19H28IN5O2. The maximum atomic E-state index is 6.06. The van der Waals surface area contributed by atoms with Crippen molar-refractivity contribution < 1.29 is 9.47 Å². The summed E-state index contributed by atoms with van der Waals surface area (Å²) < 4.78 is 11.2. The van der Waals surface area contributed by atoms with Gasteiger partial charge in [-0.05, 0) is 43.7 Å². The van der Waals surface area contributed by atoms with E-state index in [0.29, 0.717) is 31.5 Å². The Morgan fingerprint density at radius 3 is 2.56 bits per heavy atom. The molecule has 0 radical (unpaired) electrons. The Morgan fingerprint density at radius 2 is 1.89 bits per heavy atom. The average Bonchev–Trinajstić information content (AvgIpc) is 2.63. The Hall–Kier alpha value is -2.23. The van der Waals surface area contributed by atoms with E-state index in [-0.39, 0.29) is 24.0 Å². The average molecular weight is 485 g/mol. The fourth-order valence-electron chi connectivity index (χ4n) is 2.30. The van der Waals surface area contributed by atoms with Crippen LogP contribution in [0.1, 0.15) is 19.4 Å². The third-order valence-corrected chi connectivity index (χ3v) is 3.52. The largest absolute Gasteiger partial charge is 0.494 e. The van der Waals surface area contributed by atoms with Crippen LogP contribution in [0.3, 0.4) is 0 Å². The minimum Gasteiger partial charge on any atom is -0.494 e. The monoisotopic (exact) mass is 485 g/mol. The predicted octanol–water partition coefficient (Wildman–Crippen LogP) is 3.49. The van der Waals surface area contributed by atoms with Gasteiger partial charge < -0.3 is 25.4 Å². The summed E-state index contributed by atoms with van der Waals surface area (Å²) in [6, 6.07) is 9.49. The van der Waals surface area contributed by atoms with Crippen molar-refractivity contribution in [1.82, 2.24) is 4.98 Å². The lowest BCUT2D eigenvalue weighted by molar-refractivity contribution is 0.332. The van der Waals surface area contributed by atoms with Crippen LogP contribution in [0.5, 0.6) is 11.5 Å². The summed E-state index contributed by atoms with van der Waals surface area (Å²) >= 11 is 0. The molecule has 0 aliphatic rings. The van der Waals surface area contributed by atoms with Gasteiger partial charge in [-0.2, -0.15) is 0 Å². The summed E-state index contributed by atoms with van der Waals surface area (Å²) in [5.41, 5.74) is 7.81. The summed E-state index contributed by atoms with van der Waals surface area (Å²) in [7, 11) is 3.90. The molecule has 0 bridgehead atoms. The van der Waals surface area contributed by atoms with Gasteiger partial charge in [0.05, 0.1) is 25.4 Å². The molecular weight excluding hydrogens is 457 g/mol. The molecule has 0 spiro atoms. The highest BCUT2D eigenvalue weighted by Gasteiger charge is 2.07. The van der Waals surface area contributed by atoms with Gasteiger partial charge in [-0.1, -0.05) is 0 Å². The number of nitrogens with two attached hydrogens (primary N) is 1. The lowest BCUT2D eigenvalue weighted by Crippen LogP contribution is -2.23. The molecule has 2 aromatic rings. The molecule has 0 aliphatic heterocycles. The van der Waals surface area contributed by atoms with Gasteiger partial charge in [-0.25, -0.2) is 9.98 Å². The first-order chi connectivity index (χ1) is 12.5. The van der Waals surface area contributed by atoms with Crippen LogP contribution in [-0.4, -0.2) is 38.3 Å². The molecule has 0 saturated heterocycles. The van der Waals surface area contributed by atoms with Crippen molar-refractivity contribution in [3.8, 4) is 11.5 Å². The quantitative estimate of drug-likeness (QED) is 0.339. The zero-order valence-electron chi connectivity index (χ0n) is 16.2. The molecule has 7 nitrogen and oxygen atoms in total. The first-order valence-corrected chi connectivity index (χ1v) is 8.62. The zero-order valence-corrected chi connectivity index (χ0v) is 18.6. The summed E-state index contributed by atoms with van der Waals surface area (Å²) in [6.45, 7) is 5.48. The molecule has 1 aromatic heterocycles. The molecule has 3 N–H and O–H groups in total. The number of hydrogen-bond acceptors (Lipinski definition) is 5. The van der Waals surface area contributed by atoms with E-state index in [4.69, 9.17) is 15.2 Å². The molecule has 0 fully saturated rings. The first kappa shape index (κ1) is 22.8. The van der Waals surface area contributed by atoms with E-state index >= 15 is 0 Å². The number of nitrogens with one attached hydrogen (secondary N) is 1. The van der Waals surface area contributed by atoms with Crippen molar-refractivity contribution in [3.63, 3.8) is 0 Å². The maximum Gasteiger partial charge on any atom is 0.193 e. The number of hydrogen-bond donors (Lipinski definition) is 2. The highest BCUT2D eigenvalue weighted by molar-refractivity contribution is 14.0. The highest BCUT2D eigenvalue weighted by Crippen LogP contribution is 2.29. The van der Waals surface area contributed by atoms with Gasteiger partial charge in [0.2, 0.25) is 0 Å². The zero-order chi connectivity index (χ0) is 18.9. The Labute approximate surface area is 178 Å². The Kier molecular flexibility index (Phi) is 9.70. The Bertz CT molecular complexity index is 753. The molecule has 1 heterocycles. The number of nitrogens with zero attached hydrogens (tertiary/aromatic N) is 3. The van der Waals surface area contributed by atoms with E-state index in [1.807, 2.05) is 63.2 Å². The van der Waals surface area contributed by atoms with E-state index in [0.717, 1.165) is 22.8 Å². The predicted molar refractivity (Wildman–Crippen MR) is 122 cm³/mol. The van der Waals surface area contributed by atoms with Crippen LogP contribution in [-0.2, 0) is 6.54 Å². The maximum absolute atomic E-state index is 6.06. The van der Waals surface area contributed by atoms with Gasteiger partial charge in [0, 0.05) is 26.4 Å². The second-order valence-electron chi connectivity index (χ2n) is 5.77. The van der Waals surface area contributed by atoms with Crippen molar-refractivity contribution in [2.45, 2.75) is 20.4 Å². The van der Waals surface area contributed by atoms with Gasteiger partial charge in [0.25, 0.3) is 0 Å². The van der Waals surface area contributed by atoms with Crippen LogP contribution in [0.2, 0.25) is 0 Å². The van der Waals surface area contributed by atoms with Crippen molar-refractivity contribution >= 4 is 41.4 Å². The molecule has 148 valence electrons. The standard InChI is InChI=1S/C19H27N5O2.HI/c1-5-25-15-7-8-17(26-6-2)16(12-15)23-19(20)22-13-14-9-10-21-18(11-14)24(3)4;/h7-12H,5-6,13H2,1-4H3,(H3,20,22,23);1H. The van der Waals surface area contributed by atoms with Gasteiger partial charge >= 0.3 is 0 Å². The molecule has 27 heavy (non-hydrogen) atoms. The van der Waals surface area contributed by atoms with E-state index < -0.39 is 0 Å². The SMILES string of the molecule is CCOc1ccc(OCC)c(NC(N)=NCc2ccnc(N(C)C)c2)c1.I. The third-order valence-electron chi connectivity index (χ3n) is 3.52. The number of aromatic nitrogens is 1. The molecule has 0 unspecified atom stereocenters. The van der Waals surface area contributed by atoms with E-state index in [1.165, 1.54) is 0 Å². The fraction of sp³-hybridized carbons (Fsp3) is 0.368. The number of aliphatic imine (C=N–C) groups is 1. The van der Waals surface area contributed by atoms with Crippen molar-refractivity contribution in [1.29, 1.82) is 0 Å². The second kappa shape index (κ2) is 11.5. The summed E-state index contributed by atoms with van der Waals surface area (Å²) in [5, 5.41) is 3.10. The third kappa shape index (κ3) is 7.12. The van der Waals surface area contributed by atoms with E-state index in [2.05, 4.69) is 15.3 Å². The fourth-order valence-corrected chi connectivity index (χ4v) is 2.30. The van der Waals surface area contributed by atoms with Crippen LogP contribution in [0.4, 0.5) is 11.5 Å². The Morgan fingerprint density at radius 1 is 1.15 bits per heavy atom. The molecule has 0 aliphatic carbocycles. The van der Waals surface area contributed by atoms with Crippen LogP contribution >= 0.6 is 24.0 Å². The van der Waals surface area contributed by atoms with Crippen molar-refractivity contribution in [2.75, 3.05) is 37.5 Å². The number of pyridine rings is 1. The molecule has 0 amide bonds. The van der Waals surface area contributed by atoms with Crippen LogP contribution < -0.4 is 25.4 Å². The number of guanidine groups is 1. The minimum absolute atomic E-state index is 0. The number of rotatable bonds is 8. The number of benzene rings is 1. The summed E-state index contributed by atoms with van der Waals surface area (Å²) in [5.74, 6) is 2.64. The molecule has 0 saturated carbocycles. The van der Waals surface area contributed by atoms with Gasteiger partial charge in [0.15, 0.2) is 5.96 Å². The van der Waals surface area contributed by atoms with E-state index in [1.54, 1.807) is 6.20 Å². The van der Waals surface area contributed by atoms with Crippen LogP contribution in [0, 0.1) is 0 Å². The summed E-state index contributed by atoms with van der Waals surface area (Å²) in [4.78, 5) is 10.6. The Balaban J connectivity index is 0.00000364. The lowest BCUT2D eigenvalue weighted by atomic mass is 10.2. The second-order valence-corrected chi connectivity index (χ2v) is 5.77. The van der Waals surface area contributed by atoms with Crippen LogP contribution in [0.15, 0.2) is 41.5 Å². The number of halogens is 1.